The molecule has 1 saturated heterocycles. The van der Waals surface area contributed by atoms with Crippen molar-refractivity contribution in [2.75, 3.05) is 19.7 Å². The molecule has 29 heavy (non-hydrogen) atoms. The maximum absolute atomic E-state index is 11.3. The first-order valence-electron chi connectivity index (χ1n) is 10.0. The van der Waals surface area contributed by atoms with Crippen molar-refractivity contribution in [3.63, 3.8) is 0 Å². The fourth-order valence-corrected chi connectivity index (χ4v) is 4.39. The molecule has 152 valence electrons. The third-order valence-corrected chi connectivity index (χ3v) is 5.96. The van der Waals surface area contributed by atoms with Gasteiger partial charge in [0.15, 0.2) is 0 Å². The van der Waals surface area contributed by atoms with Crippen LogP contribution in [0.3, 0.4) is 0 Å². The molecule has 0 bridgehead atoms. The monoisotopic (exact) mass is 393 g/mol. The summed E-state index contributed by atoms with van der Waals surface area (Å²) < 4.78 is 8.10. The molecule has 2 aromatic carbocycles. The van der Waals surface area contributed by atoms with Crippen molar-refractivity contribution >= 4 is 17.0 Å². The van der Waals surface area contributed by atoms with Crippen molar-refractivity contribution in [3.8, 4) is 0 Å². The lowest BCUT2D eigenvalue weighted by molar-refractivity contribution is 0.0372. The Kier molecular flexibility index (Phi) is 5.28. The van der Waals surface area contributed by atoms with Gasteiger partial charge >= 0.3 is 6.09 Å². The van der Waals surface area contributed by atoms with Gasteiger partial charge in [-0.1, -0.05) is 36.4 Å². The van der Waals surface area contributed by atoms with Crippen LogP contribution >= 0.6 is 0 Å². The van der Waals surface area contributed by atoms with Crippen molar-refractivity contribution in [2.45, 2.75) is 31.8 Å². The van der Waals surface area contributed by atoms with Crippen molar-refractivity contribution in [1.82, 2.24) is 14.7 Å². The largest absolute Gasteiger partial charge is 0.465 e. The van der Waals surface area contributed by atoms with E-state index in [-0.39, 0.29) is 5.41 Å². The van der Waals surface area contributed by atoms with Gasteiger partial charge < -0.3 is 14.7 Å². The Labute approximate surface area is 170 Å². The number of ether oxygens (including phenoxy) is 1. The van der Waals surface area contributed by atoms with Crippen LogP contribution in [0.4, 0.5) is 4.79 Å². The van der Waals surface area contributed by atoms with E-state index in [9.17, 15) is 9.90 Å². The van der Waals surface area contributed by atoms with E-state index in [4.69, 9.17) is 4.74 Å². The summed E-state index contributed by atoms with van der Waals surface area (Å²) >= 11 is 0. The molecular weight excluding hydrogens is 366 g/mol. The molecule has 1 N–H and O–H groups in total. The Hall–Kier alpha value is -2.86. The first-order chi connectivity index (χ1) is 14.0. The highest BCUT2D eigenvalue weighted by molar-refractivity contribution is 5.82. The summed E-state index contributed by atoms with van der Waals surface area (Å²) in [6.45, 7) is 4.20. The maximum Gasteiger partial charge on any atom is 0.407 e. The highest BCUT2D eigenvalue weighted by atomic mass is 16.5. The van der Waals surface area contributed by atoms with Gasteiger partial charge in [-0.25, -0.2) is 4.79 Å². The Morgan fingerprint density at radius 3 is 2.62 bits per heavy atom. The normalized spacial score (nSPS) is 16.3. The molecule has 1 aromatic heterocycles. The smallest absolute Gasteiger partial charge is 0.407 e. The van der Waals surface area contributed by atoms with Crippen molar-refractivity contribution in [2.24, 2.45) is 7.05 Å². The molecule has 1 aliphatic rings. The highest BCUT2D eigenvalue weighted by Crippen LogP contribution is 2.36. The quantitative estimate of drug-likeness (QED) is 0.708. The molecule has 0 spiro atoms. The Morgan fingerprint density at radius 1 is 1.21 bits per heavy atom. The van der Waals surface area contributed by atoms with E-state index >= 15 is 0 Å². The summed E-state index contributed by atoms with van der Waals surface area (Å²) in [6, 6.07) is 14.6. The molecule has 4 rings (SSSR count). The molecule has 1 amide bonds. The van der Waals surface area contributed by atoms with Gasteiger partial charge in [-0.3, -0.25) is 4.68 Å². The number of carbonyl (C=O) groups is 1. The van der Waals surface area contributed by atoms with Crippen molar-refractivity contribution in [1.29, 1.82) is 0 Å². The zero-order valence-corrected chi connectivity index (χ0v) is 17.0. The number of rotatable bonds is 5. The van der Waals surface area contributed by atoms with E-state index in [1.807, 2.05) is 36.1 Å². The minimum absolute atomic E-state index is 0.166. The summed E-state index contributed by atoms with van der Waals surface area (Å²) in [6.07, 6.45) is 2.70. The number of nitrogens with zero attached hydrogens (tertiary/aromatic N) is 3. The second-order valence-corrected chi connectivity index (χ2v) is 8.07. The number of aromatic nitrogens is 2. The maximum atomic E-state index is 11.3. The van der Waals surface area contributed by atoms with Crippen LogP contribution in [0.25, 0.3) is 10.9 Å². The van der Waals surface area contributed by atoms with Crippen LogP contribution in [0.1, 0.15) is 29.5 Å². The number of benzene rings is 2. The molecule has 6 heteroatoms. The number of likely N-dealkylation sites (tertiary alicyclic amines) is 1. The number of hydrogen-bond acceptors (Lipinski definition) is 3. The molecule has 2 heterocycles. The number of aryl methyl sites for hydroxylation is 2. The van der Waals surface area contributed by atoms with Crippen LogP contribution in [0.15, 0.2) is 48.7 Å². The highest BCUT2D eigenvalue weighted by Gasteiger charge is 2.37. The fraction of sp³-hybridized carbons (Fsp3) is 0.391. The number of hydrogen-bond donors (Lipinski definition) is 1. The van der Waals surface area contributed by atoms with Gasteiger partial charge in [0.05, 0.1) is 18.7 Å². The van der Waals surface area contributed by atoms with Crippen LogP contribution in [0.2, 0.25) is 0 Å². The minimum Gasteiger partial charge on any atom is -0.465 e. The zero-order valence-electron chi connectivity index (χ0n) is 17.0. The Bertz CT molecular complexity index is 1000. The predicted molar refractivity (Wildman–Crippen MR) is 112 cm³/mol. The molecule has 1 fully saturated rings. The van der Waals surface area contributed by atoms with Gasteiger partial charge in [0.1, 0.15) is 0 Å². The lowest BCUT2D eigenvalue weighted by Crippen LogP contribution is -2.47. The van der Waals surface area contributed by atoms with Crippen LogP contribution in [-0.4, -0.2) is 45.6 Å². The lowest BCUT2D eigenvalue weighted by Gasteiger charge is -2.41. The molecular formula is C23H27N3O3. The van der Waals surface area contributed by atoms with Crippen LogP contribution < -0.4 is 0 Å². The summed E-state index contributed by atoms with van der Waals surface area (Å²) in [5.74, 6) is 0. The summed E-state index contributed by atoms with van der Waals surface area (Å²) in [7, 11) is 1.93. The standard InChI is InChI=1S/C23H27N3O3/c1-17-12-18-14-25(2)24-21(18)19(13-17)15-29-16-23(20-6-4-3-5-7-20)8-10-26(11-9-23)22(27)28/h3-7,12-14H,8-11,15-16H2,1-2H3,(H,27,28). The summed E-state index contributed by atoms with van der Waals surface area (Å²) in [5.41, 5.74) is 4.31. The van der Waals surface area contributed by atoms with Crippen LogP contribution in [0.5, 0.6) is 0 Å². The van der Waals surface area contributed by atoms with E-state index in [1.54, 1.807) is 0 Å². The average molecular weight is 393 g/mol. The third kappa shape index (κ3) is 3.98. The van der Waals surface area contributed by atoms with Gasteiger partial charge in [-0.15, -0.1) is 0 Å². The van der Waals surface area contributed by atoms with Gasteiger partial charge in [0.2, 0.25) is 0 Å². The van der Waals surface area contributed by atoms with E-state index in [1.165, 1.54) is 16.0 Å². The molecule has 0 saturated carbocycles. The van der Waals surface area contributed by atoms with E-state index in [0.29, 0.717) is 26.3 Å². The zero-order chi connectivity index (χ0) is 20.4. The third-order valence-electron chi connectivity index (χ3n) is 5.96. The van der Waals surface area contributed by atoms with Gasteiger partial charge in [-0.2, -0.15) is 5.10 Å². The number of piperidine rings is 1. The molecule has 3 aromatic rings. The molecule has 0 radical (unpaired) electrons. The molecule has 0 atom stereocenters. The van der Waals surface area contributed by atoms with E-state index in [2.05, 4.69) is 36.3 Å². The molecule has 0 aliphatic carbocycles. The predicted octanol–water partition coefficient (Wildman–Crippen LogP) is 4.11. The minimum atomic E-state index is -0.843. The fourth-order valence-electron chi connectivity index (χ4n) is 4.39. The number of carboxylic acid groups (broad SMARTS) is 1. The average Bonchev–Trinajstić information content (AvgIpc) is 3.09. The van der Waals surface area contributed by atoms with Gasteiger partial charge in [0.25, 0.3) is 0 Å². The van der Waals surface area contributed by atoms with Gasteiger partial charge in [-0.05, 0) is 37.0 Å². The lowest BCUT2D eigenvalue weighted by atomic mass is 9.73. The first kappa shape index (κ1) is 19.5. The summed E-state index contributed by atoms with van der Waals surface area (Å²) in [4.78, 5) is 12.8. The first-order valence-corrected chi connectivity index (χ1v) is 10.0. The Morgan fingerprint density at radius 2 is 1.93 bits per heavy atom. The molecule has 0 unspecified atom stereocenters. The number of fused-ring (bicyclic) bond motifs is 1. The van der Waals surface area contributed by atoms with E-state index in [0.717, 1.165) is 29.3 Å². The second kappa shape index (κ2) is 7.87. The number of amides is 1. The van der Waals surface area contributed by atoms with Crippen molar-refractivity contribution < 1.29 is 14.6 Å². The van der Waals surface area contributed by atoms with Crippen LogP contribution in [-0.2, 0) is 23.8 Å². The van der Waals surface area contributed by atoms with E-state index < -0.39 is 6.09 Å². The Balaban J connectivity index is 1.53. The second-order valence-electron chi connectivity index (χ2n) is 8.07. The van der Waals surface area contributed by atoms with Gasteiger partial charge in [0, 0.05) is 42.7 Å². The molecule has 6 nitrogen and oxygen atoms in total. The SMILES string of the molecule is Cc1cc(COCC2(c3ccccc3)CCN(C(=O)O)CC2)c2nn(C)cc2c1. The summed E-state index contributed by atoms with van der Waals surface area (Å²) in [5, 5.41) is 15.0. The van der Waals surface area contributed by atoms with Crippen molar-refractivity contribution in [3.05, 3.63) is 65.4 Å². The topological polar surface area (TPSA) is 67.6 Å². The molecule has 1 aliphatic heterocycles. The van der Waals surface area contributed by atoms with Crippen LogP contribution in [0, 0.1) is 6.92 Å².